The summed E-state index contributed by atoms with van der Waals surface area (Å²) in [5.41, 5.74) is 0. The molecule has 0 saturated carbocycles. The van der Waals surface area contributed by atoms with E-state index < -0.39 is 31.3 Å². The van der Waals surface area contributed by atoms with Crippen molar-refractivity contribution >= 4 is 12.0 Å². The molecular formula is C11H20F3N3O3. The molecule has 0 aromatic carbocycles. The number of carbonyl (C=O) groups excluding carboxylic acids is 1. The third kappa shape index (κ3) is 9.42. The Labute approximate surface area is 115 Å². The van der Waals surface area contributed by atoms with Crippen LogP contribution in [0, 0.1) is 0 Å². The predicted octanol–water partition coefficient (Wildman–Crippen LogP) is 0.985. The zero-order chi connectivity index (χ0) is 15.9. The van der Waals surface area contributed by atoms with Crippen LogP contribution in [0.2, 0.25) is 0 Å². The van der Waals surface area contributed by atoms with Crippen LogP contribution in [0.3, 0.4) is 0 Å². The lowest BCUT2D eigenvalue weighted by molar-refractivity contribution is -0.149. The maximum atomic E-state index is 12.3. The van der Waals surface area contributed by atoms with Gasteiger partial charge in [-0.25, -0.2) is 4.79 Å². The number of rotatable bonds is 7. The minimum atomic E-state index is -4.64. The van der Waals surface area contributed by atoms with E-state index in [0.29, 0.717) is 13.0 Å². The number of carbonyl (C=O) groups is 2. The molecular weight excluding hydrogens is 279 g/mol. The zero-order valence-corrected chi connectivity index (χ0v) is 11.7. The van der Waals surface area contributed by atoms with Crippen molar-refractivity contribution < 1.29 is 27.9 Å². The molecule has 118 valence electrons. The molecule has 2 N–H and O–H groups in total. The number of hydrogen-bond acceptors (Lipinski definition) is 3. The molecule has 0 rings (SSSR count). The van der Waals surface area contributed by atoms with Crippen LogP contribution >= 0.6 is 0 Å². The molecule has 0 radical (unpaired) electrons. The summed E-state index contributed by atoms with van der Waals surface area (Å²) >= 11 is 0. The Morgan fingerprint density at radius 2 is 1.85 bits per heavy atom. The summed E-state index contributed by atoms with van der Waals surface area (Å²) in [6, 6.07) is -1.38. The highest BCUT2D eigenvalue weighted by atomic mass is 19.4. The van der Waals surface area contributed by atoms with Crippen molar-refractivity contribution in [3.8, 4) is 0 Å². The predicted molar refractivity (Wildman–Crippen MR) is 66.4 cm³/mol. The number of hydrogen-bond donors (Lipinski definition) is 2. The number of urea groups is 1. The quantitative estimate of drug-likeness (QED) is 0.735. The maximum absolute atomic E-state index is 12.3. The van der Waals surface area contributed by atoms with Gasteiger partial charge in [0.15, 0.2) is 0 Å². The Morgan fingerprint density at radius 1 is 1.30 bits per heavy atom. The number of carboxylic acid groups (broad SMARTS) is 1. The van der Waals surface area contributed by atoms with Gasteiger partial charge in [-0.1, -0.05) is 0 Å². The lowest BCUT2D eigenvalue weighted by Gasteiger charge is -2.25. The first-order valence-corrected chi connectivity index (χ1v) is 6.00. The van der Waals surface area contributed by atoms with Crippen LogP contribution < -0.4 is 5.32 Å². The summed E-state index contributed by atoms with van der Waals surface area (Å²) in [5.74, 6) is -1.50. The van der Waals surface area contributed by atoms with Gasteiger partial charge in [-0.05, 0) is 34.0 Å². The molecule has 0 fully saturated rings. The van der Waals surface area contributed by atoms with Crippen molar-refractivity contribution in [2.45, 2.75) is 25.6 Å². The number of carboxylic acids is 1. The summed E-state index contributed by atoms with van der Waals surface area (Å²) in [5, 5.41) is 10.9. The highest BCUT2D eigenvalue weighted by molar-refractivity contribution is 5.80. The average Bonchev–Trinajstić information content (AvgIpc) is 2.22. The summed E-state index contributed by atoms with van der Waals surface area (Å²) in [7, 11) is 3.66. The van der Waals surface area contributed by atoms with Gasteiger partial charge >= 0.3 is 18.2 Å². The van der Waals surface area contributed by atoms with E-state index in [1.54, 1.807) is 6.92 Å². The minimum Gasteiger partial charge on any atom is -0.480 e. The lowest BCUT2D eigenvalue weighted by Crippen LogP contribution is -2.49. The summed E-state index contributed by atoms with van der Waals surface area (Å²) < 4.78 is 36.9. The Balaban J connectivity index is 4.50. The Morgan fingerprint density at radius 3 is 2.25 bits per heavy atom. The van der Waals surface area contributed by atoms with Gasteiger partial charge in [0.25, 0.3) is 0 Å². The molecule has 20 heavy (non-hydrogen) atoms. The second-order valence-corrected chi connectivity index (χ2v) is 4.81. The van der Waals surface area contributed by atoms with E-state index in [0.717, 1.165) is 0 Å². The van der Waals surface area contributed by atoms with E-state index >= 15 is 0 Å². The first-order chi connectivity index (χ1) is 9.01. The molecule has 6 nitrogen and oxygen atoms in total. The van der Waals surface area contributed by atoms with E-state index in [2.05, 4.69) is 5.32 Å². The Kier molecular flexibility index (Phi) is 7.33. The van der Waals surface area contributed by atoms with E-state index in [-0.39, 0.29) is 10.9 Å². The molecule has 0 aromatic rings. The normalized spacial score (nSPS) is 13.2. The van der Waals surface area contributed by atoms with Gasteiger partial charge < -0.3 is 20.2 Å². The van der Waals surface area contributed by atoms with Crippen LogP contribution in [-0.2, 0) is 4.79 Å². The van der Waals surface area contributed by atoms with Crippen LogP contribution in [0.4, 0.5) is 18.0 Å². The maximum Gasteiger partial charge on any atom is 0.406 e. The smallest absolute Gasteiger partial charge is 0.406 e. The monoisotopic (exact) mass is 299 g/mol. The number of amides is 2. The molecule has 0 spiro atoms. The first kappa shape index (κ1) is 18.5. The standard InChI is InChI=1S/C11H20F3N3O3/c1-8(4-5-16(2)3)15-10(20)17(6-9(18)19)7-11(12,13)14/h8H,4-7H2,1-3H3,(H,15,20)(H,18,19). The second-order valence-electron chi connectivity index (χ2n) is 4.81. The van der Waals surface area contributed by atoms with Gasteiger partial charge in [-0.3, -0.25) is 4.79 Å². The number of nitrogens with zero attached hydrogens (tertiary/aromatic N) is 2. The largest absolute Gasteiger partial charge is 0.480 e. The van der Waals surface area contributed by atoms with Crippen molar-refractivity contribution in [1.82, 2.24) is 15.1 Å². The molecule has 1 unspecified atom stereocenters. The van der Waals surface area contributed by atoms with Gasteiger partial charge in [0.1, 0.15) is 13.1 Å². The number of alkyl halides is 3. The lowest BCUT2D eigenvalue weighted by atomic mass is 10.2. The van der Waals surface area contributed by atoms with Crippen LogP contribution in [0.5, 0.6) is 0 Å². The summed E-state index contributed by atoms with van der Waals surface area (Å²) in [6.45, 7) is -0.287. The molecule has 1 atom stereocenters. The molecule has 0 aliphatic heterocycles. The Bertz CT molecular complexity index is 335. The first-order valence-electron chi connectivity index (χ1n) is 6.00. The van der Waals surface area contributed by atoms with Gasteiger partial charge in [0.05, 0.1) is 0 Å². The molecule has 2 amide bonds. The SMILES string of the molecule is CC(CCN(C)C)NC(=O)N(CC(=O)O)CC(F)(F)F. The zero-order valence-electron chi connectivity index (χ0n) is 11.7. The summed E-state index contributed by atoms with van der Waals surface area (Å²) in [4.78, 5) is 24.3. The van der Waals surface area contributed by atoms with Gasteiger partial charge in [0, 0.05) is 6.04 Å². The van der Waals surface area contributed by atoms with Crippen molar-refractivity contribution in [3.05, 3.63) is 0 Å². The molecule has 0 bridgehead atoms. The molecule has 0 aliphatic carbocycles. The van der Waals surface area contributed by atoms with Crippen molar-refractivity contribution in [3.63, 3.8) is 0 Å². The fraction of sp³-hybridized carbons (Fsp3) is 0.818. The van der Waals surface area contributed by atoms with Gasteiger partial charge in [-0.15, -0.1) is 0 Å². The van der Waals surface area contributed by atoms with E-state index in [1.807, 2.05) is 19.0 Å². The minimum absolute atomic E-state index is 0.231. The van der Waals surface area contributed by atoms with Gasteiger partial charge in [-0.2, -0.15) is 13.2 Å². The third-order valence-electron chi connectivity index (χ3n) is 2.36. The molecule has 0 aliphatic rings. The summed E-state index contributed by atoms with van der Waals surface area (Å²) in [6.07, 6.45) is -4.09. The Hall–Kier alpha value is -1.51. The van der Waals surface area contributed by atoms with Crippen LogP contribution in [-0.4, -0.2) is 72.9 Å². The average molecular weight is 299 g/mol. The van der Waals surface area contributed by atoms with Crippen LogP contribution in [0.15, 0.2) is 0 Å². The molecule has 0 saturated heterocycles. The van der Waals surface area contributed by atoms with E-state index in [9.17, 15) is 22.8 Å². The van der Waals surface area contributed by atoms with Crippen LogP contribution in [0.1, 0.15) is 13.3 Å². The highest BCUT2D eigenvalue weighted by Crippen LogP contribution is 2.16. The fourth-order valence-electron chi connectivity index (χ4n) is 1.41. The third-order valence-corrected chi connectivity index (χ3v) is 2.36. The fourth-order valence-corrected chi connectivity index (χ4v) is 1.41. The van der Waals surface area contributed by atoms with E-state index in [4.69, 9.17) is 5.11 Å². The van der Waals surface area contributed by atoms with Crippen molar-refractivity contribution in [1.29, 1.82) is 0 Å². The number of nitrogens with one attached hydrogen (secondary N) is 1. The van der Waals surface area contributed by atoms with Gasteiger partial charge in [0.2, 0.25) is 0 Å². The number of aliphatic carboxylic acids is 1. The van der Waals surface area contributed by atoms with Crippen molar-refractivity contribution in [2.75, 3.05) is 33.7 Å². The second kappa shape index (κ2) is 7.93. The van der Waals surface area contributed by atoms with E-state index in [1.165, 1.54) is 0 Å². The molecule has 0 aromatic heterocycles. The number of halogens is 3. The topological polar surface area (TPSA) is 72.9 Å². The highest BCUT2D eigenvalue weighted by Gasteiger charge is 2.34. The molecule has 9 heteroatoms. The van der Waals surface area contributed by atoms with Crippen LogP contribution in [0.25, 0.3) is 0 Å². The molecule has 0 heterocycles. The van der Waals surface area contributed by atoms with Crippen molar-refractivity contribution in [2.24, 2.45) is 0 Å².